The van der Waals surface area contributed by atoms with Crippen molar-refractivity contribution in [2.75, 3.05) is 41.7 Å². The van der Waals surface area contributed by atoms with E-state index < -0.39 is 0 Å². The Morgan fingerprint density at radius 3 is 2.00 bits per heavy atom. The van der Waals surface area contributed by atoms with Gasteiger partial charge in [0.1, 0.15) is 12.0 Å². The summed E-state index contributed by atoms with van der Waals surface area (Å²) in [6.45, 7) is 6.57. The highest BCUT2D eigenvalue weighted by Crippen LogP contribution is 2.32. The first-order valence-electron chi connectivity index (χ1n) is 8.36. The van der Waals surface area contributed by atoms with Crippen molar-refractivity contribution >= 4 is 17.3 Å². The predicted octanol–water partition coefficient (Wildman–Crippen LogP) is 2.68. The van der Waals surface area contributed by atoms with Crippen LogP contribution in [0.25, 0.3) is 0 Å². The average molecular weight is 289 g/mol. The third-order valence-corrected chi connectivity index (χ3v) is 4.83. The van der Waals surface area contributed by atoms with E-state index in [9.17, 15) is 0 Å². The molecule has 3 heterocycles. The third-order valence-electron chi connectivity index (χ3n) is 4.83. The summed E-state index contributed by atoms with van der Waals surface area (Å²) in [6.07, 6.45) is 9.24. The zero-order chi connectivity index (χ0) is 14.7. The molecule has 2 aliphatic rings. The quantitative estimate of drug-likeness (QED) is 0.907. The monoisotopic (exact) mass is 289 g/mol. The van der Waals surface area contributed by atoms with Gasteiger partial charge in [-0.3, -0.25) is 0 Å². The Bertz CT molecular complexity index is 460. The molecule has 2 saturated heterocycles. The Kier molecular flexibility index (Phi) is 4.46. The summed E-state index contributed by atoms with van der Waals surface area (Å²) in [5, 5.41) is 0. The Balaban J connectivity index is 1.81. The summed E-state index contributed by atoms with van der Waals surface area (Å²) in [4.78, 5) is 13.6. The Morgan fingerprint density at radius 2 is 1.43 bits per heavy atom. The molecule has 0 unspecified atom stereocenters. The van der Waals surface area contributed by atoms with Gasteiger partial charge < -0.3 is 15.5 Å². The first-order valence-corrected chi connectivity index (χ1v) is 8.36. The smallest absolute Gasteiger partial charge is 0.157 e. The lowest BCUT2D eigenvalue weighted by Crippen LogP contribution is -2.35. The largest absolute Gasteiger partial charge is 0.393 e. The van der Waals surface area contributed by atoms with E-state index >= 15 is 0 Å². The zero-order valence-corrected chi connectivity index (χ0v) is 13.1. The van der Waals surface area contributed by atoms with Crippen molar-refractivity contribution < 1.29 is 0 Å². The van der Waals surface area contributed by atoms with Gasteiger partial charge in [-0.15, -0.1) is 0 Å². The SMILES string of the molecule is CC1CCN(c2ncnc(N3CCCCCC3)c2N)CC1. The van der Waals surface area contributed by atoms with Crippen molar-refractivity contribution in [3.8, 4) is 0 Å². The van der Waals surface area contributed by atoms with Crippen LogP contribution >= 0.6 is 0 Å². The van der Waals surface area contributed by atoms with Gasteiger partial charge in [-0.2, -0.15) is 0 Å². The fourth-order valence-corrected chi connectivity index (χ4v) is 3.38. The van der Waals surface area contributed by atoms with E-state index in [0.29, 0.717) is 0 Å². The zero-order valence-electron chi connectivity index (χ0n) is 13.1. The molecule has 2 N–H and O–H groups in total. The molecule has 3 rings (SSSR count). The van der Waals surface area contributed by atoms with E-state index in [0.717, 1.165) is 49.4 Å². The van der Waals surface area contributed by atoms with E-state index in [1.807, 2.05) is 0 Å². The molecule has 21 heavy (non-hydrogen) atoms. The fraction of sp³-hybridized carbons (Fsp3) is 0.750. The summed E-state index contributed by atoms with van der Waals surface area (Å²) in [5.74, 6) is 2.70. The van der Waals surface area contributed by atoms with Crippen molar-refractivity contribution in [2.24, 2.45) is 5.92 Å². The van der Waals surface area contributed by atoms with Gasteiger partial charge in [-0.1, -0.05) is 19.8 Å². The highest BCUT2D eigenvalue weighted by atomic mass is 15.3. The Labute approximate surface area is 127 Å². The molecule has 5 heteroatoms. The summed E-state index contributed by atoms with van der Waals surface area (Å²) in [7, 11) is 0. The molecule has 1 aromatic heterocycles. The second kappa shape index (κ2) is 6.50. The molecular weight excluding hydrogens is 262 g/mol. The van der Waals surface area contributed by atoms with E-state index in [2.05, 4.69) is 26.7 Å². The minimum Gasteiger partial charge on any atom is -0.393 e. The molecule has 0 amide bonds. The minimum absolute atomic E-state index is 0.772. The topological polar surface area (TPSA) is 58.3 Å². The summed E-state index contributed by atoms with van der Waals surface area (Å²) in [6, 6.07) is 0. The lowest BCUT2D eigenvalue weighted by Gasteiger charge is -2.33. The molecule has 0 aromatic carbocycles. The summed E-state index contributed by atoms with van der Waals surface area (Å²) < 4.78 is 0. The molecule has 0 aliphatic carbocycles. The molecule has 5 nitrogen and oxygen atoms in total. The number of anilines is 3. The molecule has 0 atom stereocenters. The number of aromatic nitrogens is 2. The van der Waals surface area contributed by atoms with E-state index in [-0.39, 0.29) is 0 Å². The molecule has 116 valence electrons. The molecule has 0 radical (unpaired) electrons. The molecule has 0 bridgehead atoms. The predicted molar refractivity (Wildman–Crippen MR) is 87.7 cm³/mol. The van der Waals surface area contributed by atoms with E-state index in [1.54, 1.807) is 6.33 Å². The maximum atomic E-state index is 6.42. The van der Waals surface area contributed by atoms with Crippen molar-refractivity contribution in [1.82, 2.24) is 9.97 Å². The first kappa shape index (κ1) is 14.4. The van der Waals surface area contributed by atoms with Crippen LogP contribution in [0.3, 0.4) is 0 Å². The number of hydrogen-bond donors (Lipinski definition) is 1. The summed E-state index contributed by atoms with van der Waals surface area (Å²) in [5.41, 5.74) is 7.19. The molecule has 1 aromatic rings. The van der Waals surface area contributed by atoms with Gasteiger partial charge in [0.15, 0.2) is 11.6 Å². The maximum absolute atomic E-state index is 6.42. The highest BCUT2D eigenvalue weighted by Gasteiger charge is 2.22. The van der Waals surface area contributed by atoms with Gasteiger partial charge in [-0.05, 0) is 31.6 Å². The molecular formula is C16H27N5. The van der Waals surface area contributed by atoms with Gasteiger partial charge in [-0.25, -0.2) is 9.97 Å². The number of nitrogens with zero attached hydrogens (tertiary/aromatic N) is 4. The van der Waals surface area contributed by atoms with Crippen LogP contribution in [0.1, 0.15) is 45.4 Å². The summed E-state index contributed by atoms with van der Waals surface area (Å²) >= 11 is 0. The normalized spacial score (nSPS) is 21.4. The van der Waals surface area contributed by atoms with Crippen molar-refractivity contribution in [2.45, 2.75) is 45.4 Å². The highest BCUT2D eigenvalue weighted by molar-refractivity contribution is 5.75. The first-order chi connectivity index (χ1) is 10.3. The Morgan fingerprint density at radius 1 is 0.905 bits per heavy atom. The maximum Gasteiger partial charge on any atom is 0.157 e. The Hall–Kier alpha value is -1.52. The second-order valence-corrected chi connectivity index (χ2v) is 6.51. The van der Waals surface area contributed by atoms with Gasteiger partial charge in [0.2, 0.25) is 0 Å². The number of piperidine rings is 1. The third kappa shape index (κ3) is 3.22. The van der Waals surface area contributed by atoms with Gasteiger partial charge in [0.25, 0.3) is 0 Å². The molecule has 2 fully saturated rings. The van der Waals surface area contributed by atoms with Crippen LogP contribution in [0.15, 0.2) is 6.33 Å². The van der Waals surface area contributed by atoms with Crippen LogP contribution in [0.5, 0.6) is 0 Å². The van der Waals surface area contributed by atoms with Gasteiger partial charge in [0, 0.05) is 26.2 Å². The van der Waals surface area contributed by atoms with Crippen LogP contribution in [-0.4, -0.2) is 36.1 Å². The van der Waals surface area contributed by atoms with Crippen molar-refractivity contribution in [3.63, 3.8) is 0 Å². The van der Waals surface area contributed by atoms with E-state index in [1.165, 1.54) is 38.5 Å². The van der Waals surface area contributed by atoms with Crippen LogP contribution in [0.4, 0.5) is 17.3 Å². The number of nitrogens with two attached hydrogens (primary N) is 1. The molecule has 0 saturated carbocycles. The van der Waals surface area contributed by atoms with Crippen LogP contribution in [0.2, 0.25) is 0 Å². The second-order valence-electron chi connectivity index (χ2n) is 6.51. The lowest BCUT2D eigenvalue weighted by atomic mass is 9.99. The minimum atomic E-state index is 0.772. The van der Waals surface area contributed by atoms with E-state index in [4.69, 9.17) is 5.73 Å². The van der Waals surface area contributed by atoms with Crippen LogP contribution < -0.4 is 15.5 Å². The fourth-order valence-electron chi connectivity index (χ4n) is 3.38. The van der Waals surface area contributed by atoms with Gasteiger partial charge in [0.05, 0.1) is 0 Å². The van der Waals surface area contributed by atoms with Crippen LogP contribution in [-0.2, 0) is 0 Å². The number of hydrogen-bond acceptors (Lipinski definition) is 5. The molecule has 2 aliphatic heterocycles. The standard InChI is InChI=1S/C16H27N5/c1-13-6-10-21(11-7-13)16-14(17)15(18-12-19-16)20-8-4-2-3-5-9-20/h12-13H,2-11,17H2,1H3. The number of rotatable bonds is 2. The average Bonchev–Trinajstić information content (AvgIpc) is 2.78. The van der Waals surface area contributed by atoms with Crippen LogP contribution in [0, 0.1) is 5.92 Å². The van der Waals surface area contributed by atoms with Crippen molar-refractivity contribution in [3.05, 3.63) is 6.33 Å². The number of nitrogen functional groups attached to an aromatic ring is 1. The lowest BCUT2D eigenvalue weighted by molar-refractivity contribution is 0.437. The molecule has 0 spiro atoms. The van der Waals surface area contributed by atoms with Gasteiger partial charge >= 0.3 is 0 Å². The van der Waals surface area contributed by atoms with Crippen molar-refractivity contribution in [1.29, 1.82) is 0 Å².